The van der Waals surface area contributed by atoms with Crippen LogP contribution in [0.3, 0.4) is 0 Å². The molecule has 1 aromatic rings. The summed E-state index contributed by atoms with van der Waals surface area (Å²) in [5.74, 6) is 0.776. The molecule has 6 heteroatoms. The second-order valence-corrected chi connectivity index (χ2v) is 7.79. The quantitative estimate of drug-likeness (QED) is 0.801. The van der Waals surface area contributed by atoms with E-state index in [9.17, 15) is 14.7 Å². The lowest BCUT2D eigenvalue weighted by Crippen LogP contribution is -2.50. The Balaban J connectivity index is 1.41. The van der Waals surface area contributed by atoms with Crippen LogP contribution in [-0.4, -0.2) is 53.2 Å². The molecule has 2 heterocycles. The Morgan fingerprint density at radius 3 is 2.58 bits per heavy atom. The van der Waals surface area contributed by atoms with E-state index < -0.39 is 5.60 Å². The lowest BCUT2D eigenvalue weighted by molar-refractivity contribution is -0.140. The van der Waals surface area contributed by atoms with Crippen molar-refractivity contribution in [2.24, 2.45) is 5.92 Å². The topological polar surface area (TPSA) is 78.9 Å². The predicted octanol–water partition coefficient (Wildman–Crippen LogP) is 1.72. The van der Waals surface area contributed by atoms with Crippen LogP contribution in [0.1, 0.15) is 48.9 Å². The Morgan fingerprint density at radius 1 is 1.15 bits per heavy atom. The van der Waals surface area contributed by atoms with Crippen molar-refractivity contribution in [3.8, 4) is 5.75 Å². The number of benzene rings is 1. The van der Waals surface area contributed by atoms with Gasteiger partial charge >= 0.3 is 0 Å². The summed E-state index contributed by atoms with van der Waals surface area (Å²) < 4.78 is 6.30. The molecular formula is C20H26N2O4. The number of fused-ring (bicyclic) bond motifs is 1. The summed E-state index contributed by atoms with van der Waals surface area (Å²) in [6.45, 7) is 1.79. The highest BCUT2D eigenvalue weighted by atomic mass is 16.5. The van der Waals surface area contributed by atoms with Crippen molar-refractivity contribution in [1.82, 2.24) is 10.2 Å². The van der Waals surface area contributed by atoms with Crippen molar-refractivity contribution in [3.63, 3.8) is 0 Å². The fourth-order valence-electron chi connectivity index (χ4n) is 4.36. The van der Waals surface area contributed by atoms with Crippen LogP contribution in [0, 0.1) is 5.92 Å². The molecule has 1 saturated carbocycles. The number of nitrogens with one attached hydrogen (secondary N) is 1. The molecule has 1 spiro atoms. The number of aliphatic hydroxyl groups is 1. The van der Waals surface area contributed by atoms with Crippen LogP contribution in [-0.2, 0) is 4.79 Å². The van der Waals surface area contributed by atoms with E-state index >= 15 is 0 Å². The molecule has 2 amide bonds. The average molecular weight is 358 g/mol. The molecule has 1 aliphatic carbocycles. The van der Waals surface area contributed by atoms with Gasteiger partial charge in [0.2, 0.25) is 5.91 Å². The number of nitrogens with zero attached hydrogens (tertiary/aromatic N) is 1. The third-order valence-electron chi connectivity index (χ3n) is 6.05. The number of para-hydroxylation sites is 1. The minimum absolute atomic E-state index is 0.0219. The second-order valence-electron chi connectivity index (χ2n) is 7.79. The maximum atomic E-state index is 12.8. The van der Waals surface area contributed by atoms with Gasteiger partial charge in [-0.2, -0.15) is 0 Å². The van der Waals surface area contributed by atoms with Crippen LogP contribution in [0.25, 0.3) is 0 Å². The van der Waals surface area contributed by atoms with Crippen LogP contribution in [0.15, 0.2) is 24.3 Å². The first-order chi connectivity index (χ1) is 12.6. The summed E-state index contributed by atoms with van der Waals surface area (Å²) in [7, 11) is 0. The Morgan fingerprint density at radius 2 is 1.85 bits per heavy atom. The van der Waals surface area contributed by atoms with E-state index in [1.807, 2.05) is 23.1 Å². The van der Waals surface area contributed by atoms with Gasteiger partial charge in [-0.15, -0.1) is 0 Å². The van der Waals surface area contributed by atoms with Crippen molar-refractivity contribution in [2.45, 2.75) is 50.2 Å². The van der Waals surface area contributed by atoms with Crippen LogP contribution in [0.4, 0.5) is 0 Å². The third kappa shape index (κ3) is 3.30. The highest BCUT2D eigenvalue weighted by molar-refractivity contribution is 5.97. The number of amides is 2. The SMILES string of the molecule is O=C1NCC2(CCC(C(=O)N3CCC(O)CC3)CC2)Oc2ccccc21. The third-order valence-corrected chi connectivity index (χ3v) is 6.05. The largest absolute Gasteiger partial charge is 0.485 e. The summed E-state index contributed by atoms with van der Waals surface area (Å²) in [5.41, 5.74) is 0.159. The molecule has 0 radical (unpaired) electrons. The van der Waals surface area contributed by atoms with Gasteiger partial charge in [0.1, 0.15) is 11.4 Å². The van der Waals surface area contributed by atoms with Crippen LogP contribution >= 0.6 is 0 Å². The molecule has 0 aromatic heterocycles. The van der Waals surface area contributed by atoms with E-state index in [4.69, 9.17) is 4.74 Å². The smallest absolute Gasteiger partial charge is 0.255 e. The van der Waals surface area contributed by atoms with E-state index in [1.54, 1.807) is 6.07 Å². The van der Waals surface area contributed by atoms with Gasteiger partial charge in [-0.05, 0) is 50.7 Å². The normalized spacial score (nSPS) is 29.5. The maximum absolute atomic E-state index is 12.8. The number of piperidine rings is 1. The molecule has 140 valence electrons. The lowest BCUT2D eigenvalue weighted by atomic mass is 9.77. The van der Waals surface area contributed by atoms with E-state index in [2.05, 4.69) is 5.32 Å². The van der Waals surface area contributed by atoms with Crippen molar-refractivity contribution in [1.29, 1.82) is 0 Å². The molecular weight excluding hydrogens is 332 g/mol. The fourth-order valence-corrected chi connectivity index (χ4v) is 4.36. The fraction of sp³-hybridized carbons (Fsp3) is 0.600. The Bertz CT molecular complexity index is 689. The molecule has 1 saturated heterocycles. The zero-order chi connectivity index (χ0) is 18.1. The zero-order valence-electron chi connectivity index (χ0n) is 14.9. The standard InChI is InChI=1S/C20H26N2O4/c23-15-7-11-22(12-8-15)19(25)14-5-9-20(10-6-14)13-21-18(24)16-3-1-2-4-17(16)26-20/h1-4,14-15,23H,5-13H2,(H,21,24). The molecule has 1 aromatic carbocycles. The molecule has 2 aliphatic heterocycles. The number of hydrogen-bond acceptors (Lipinski definition) is 4. The summed E-state index contributed by atoms with van der Waals surface area (Å²) in [6.07, 6.45) is 4.15. The highest BCUT2D eigenvalue weighted by Crippen LogP contribution is 2.38. The van der Waals surface area contributed by atoms with Crippen molar-refractivity contribution < 1.29 is 19.4 Å². The molecule has 6 nitrogen and oxygen atoms in total. The first-order valence-electron chi connectivity index (χ1n) is 9.59. The number of rotatable bonds is 1. The number of likely N-dealkylation sites (tertiary alicyclic amines) is 1. The predicted molar refractivity (Wildman–Crippen MR) is 95.9 cm³/mol. The summed E-state index contributed by atoms with van der Waals surface area (Å²) in [6, 6.07) is 7.35. The van der Waals surface area contributed by atoms with Gasteiger partial charge in [0.15, 0.2) is 0 Å². The zero-order valence-corrected chi connectivity index (χ0v) is 14.9. The molecule has 2 N–H and O–H groups in total. The molecule has 3 aliphatic rings. The first kappa shape index (κ1) is 17.3. The number of aliphatic hydroxyl groups excluding tert-OH is 1. The Hall–Kier alpha value is -2.08. The summed E-state index contributed by atoms with van der Waals surface area (Å²) in [4.78, 5) is 27.0. The van der Waals surface area contributed by atoms with Gasteiger partial charge in [-0.3, -0.25) is 9.59 Å². The van der Waals surface area contributed by atoms with Gasteiger partial charge in [0.25, 0.3) is 5.91 Å². The molecule has 0 atom stereocenters. The van der Waals surface area contributed by atoms with Gasteiger partial charge < -0.3 is 20.1 Å². The van der Waals surface area contributed by atoms with E-state index in [-0.39, 0.29) is 23.8 Å². The first-order valence-corrected chi connectivity index (χ1v) is 9.59. The molecule has 2 fully saturated rings. The van der Waals surface area contributed by atoms with Crippen LogP contribution < -0.4 is 10.1 Å². The number of carbonyl (C=O) groups is 2. The summed E-state index contributed by atoms with van der Waals surface area (Å²) >= 11 is 0. The van der Waals surface area contributed by atoms with E-state index in [1.165, 1.54) is 0 Å². The van der Waals surface area contributed by atoms with Crippen molar-refractivity contribution in [2.75, 3.05) is 19.6 Å². The molecule has 4 rings (SSSR count). The van der Waals surface area contributed by atoms with Gasteiger partial charge in [-0.25, -0.2) is 0 Å². The highest BCUT2D eigenvalue weighted by Gasteiger charge is 2.42. The molecule has 0 unspecified atom stereocenters. The number of carbonyl (C=O) groups excluding carboxylic acids is 2. The Kier molecular flexibility index (Phi) is 4.61. The van der Waals surface area contributed by atoms with Gasteiger partial charge in [0, 0.05) is 19.0 Å². The van der Waals surface area contributed by atoms with Crippen LogP contribution in [0.5, 0.6) is 5.75 Å². The number of ether oxygens (including phenoxy) is 1. The minimum atomic E-state index is -0.420. The van der Waals surface area contributed by atoms with E-state index in [0.29, 0.717) is 43.8 Å². The van der Waals surface area contributed by atoms with E-state index in [0.717, 1.165) is 25.7 Å². The van der Waals surface area contributed by atoms with Gasteiger partial charge in [-0.1, -0.05) is 12.1 Å². The van der Waals surface area contributed by atoms with Crippen molar-refractivity contribution in [3.05, 3.63) is 29.8 Å². The Labute approximate surface area is 153 Å². The number of hydrogen-bond donors (Lipinski definition) is 2. The minimum Gasteiger partial charge on any atom is -0.485 e. The molecule has 0 bridgehead atoms. The monoisotopic (exact) mass is 358 g/mol. The van der Waals surface area contributed by atoms with Crippen molar-refractivity contribution >= 4 is 11.8 Å². The van der Waals surface area contributed by atoms with Gasteiger partial charge in [0.05, 0.1) is 18.2 Å². The maximum Gasteiger partial charge on any atom is 0.255 e. The summed E-state index contributed by atoms with van der Waals surface area (Å²) in [5, 5.41) is 12.6. The second kappa shape index (κ2) is 6.91. The lowest BCUT2D eigenvalue weighted by Gasteiger charge is -2.40. The van der Waals surface area contributed by atoms with Crippen LogP contribution in [0.2, 0.25) is 0 Å². The average Bonchev–Trinajstić information content (AvgIpc) is 2.80. The molecule has 26 heavy (non-hydrogen) atoms.